The number of nitrogens with zero attached hydrogens (tertiary/aromatic N) is 2. The van der Waals surface area contributed by atoms with Crippen LogP contribution in [-0.4, -0.2) is 47.2 Å². The van der Waals surface area contributed by atoms with Crippen LogP contribution in [0.4, 0.5) is 0 Å². The minimum absolute atomic E-state index is 0.102. The molecule has 20 heavy (non-hydrogen) atoms. The van der Waals surface area contributed by atoms with Gasteiger partial charge >= 0.3 is 0 Å². The van der Waals surface area contributed by atoms with E-state index in [0.717, 1.165) is 23.7 Å². The molecule has 0 aromatic heterocycles. The molecule has 0 bridgehead atoms. The van der Waals surface area contributed by atoms with Crippen LogP contribution < -0.4 is 0 Å². The number of rotatable bonds is 5. The van der Waals surface area contributed by atoms with Crippen LogP contribution >= 0.6 is 0 Å². The second-order valence-electron chi connectivity index (χ2n) is 6.39. The highest BCUT2D eigenvalue weighted by Crippen LogP contribution is 2.55. The number of carbonyl (C=O) groups excluding carboxylic acids is 3. The molecular formula is C15H22N2O3. The molecule has 1 heterocycles. The monoisotopic (exact) mass is 278 g/mol. The van der Waals surface area contributed by atoms with E-state index in [0.29, 0.717) is 12.5 Å². The fourth-order valence-corrected chi connectivity index (χ4v) is 3.40. The van der Waals surface area contributed by atoms with Gasteiger partial charge in [0.1, 0.15) is 6.04 Å². The van der Waals surface area contributed by atoms with E-state index in [4.69, 9.17) is 0 Å². The SMILES string of the molecule is CCCN(C(=O)C1CC1C1CC1)C1CC(=O)N(C)C1=O. The van der Waals surface area contributed by atoms with E-state index in [2.05, 4.69) is 0 Å². The fourth-order valence-electron chi connectivity index (χ4n) is 3.40. The zero-order valence-corrected chi connectivity index (χ0v) is 12.2. The van der Waals surface area contributed by atoms with Crippen LogP contribution in [0, 0.1) is 17.8 Å². The largest absolute Gasteiger partial charge is 0.330 e. The number of carbonyl (C=O) groups is 3. The summed E-state index contributed by atoms with van der Waals surface area (Å²) in [6, 6.07) is -0.555. The van der Waals surface area contributed by atoms with Gasteiger partial charge in [0, 0.05) is 19.5 Å². The first-order chi connectivity index (χ1) is 9.54. The molecule has 3 unspecified atom stereocenters. The summed E-state index contributed by atoms with van der Waals surface area (Å²) < 4.78 is 0. The molecule has 1 aliphatic heterocycles. The van der Waals surface area contributed by atoms with Crippen LogP contribution in [-0.2, 0) is 14.4 Å². The third kappa shape index (κ3) is 2.23. The highest BCUT2D eigenvalue weighted by Gasteiger charge is 2.54. The molecule has 5 heteroatoms. The Labute approximate surface area is 119 Å². The van der Waals surface area contributed by atoms with Crippen molar-refractivity contribution in [3.05, 3.63) is 0 Å². The maximum atomic E-state index is 12.6. The summed E-state index contributed by atoms with van der Waals surface area (Å²) in [6.45, 7) is 2.57. The number of hydrogen-bond acceptors (Lipinski definition) is 3. The lowest BCUT2D eigenvalue weighted by molar-refractivity contribution is -0.144. The molecule has 3 atom stereocenters. The number of likely N-dealkylation sites (N-methyl/N-ethyl adjacent to an activating group) is 1. The lowest BCUT2D eigenvalue weighted by atomic mass is 10.1. The van der Waals surface area contributed by atoms with Crippen LogP contribution in [0.5, 0.6) is 0 Å². The molecule has 3 aliphatic rings. The first-order valence-electron chi connectivity index (χ1n) is 7.65. The number of imide groups is 1. The van der Waals surface area contributed by atoms with E-state index in [1.165, 1.54) is 19.9 Å². The smallest absolute Gasteiger partial charge is 0.252 e. The van der Waals surface area contributed by atoms with Crippen molar-refractivity contribution in [2.24, 2.45) is 17.8 Å². The Hall–Kier alpha value is -1.39. The quantitative estimate of drug-likeness (QED) is 0.706. The van der Waals surface area contributed by atoms with Crippen molar-refractivity contribution < 1.29 is 14.4 Å². The summed E-state index contributed by atoms with van der Waals surface area (Å²) in [5.41, 5.74) is 0. The molecule has 110 valence electrons. The number of likely N-dealkylation sites (tertiary alicyclic amines) is 1. The highest BCUT2D eigenvalue weighted by molar-refractivity contribution is 6.06. The van der Waals surface area contributed by atoms with E-state index in [9.17, 15) is 14.4 Å². The molecule has 3 fully saturated rings. The Balaban J connectivity index is 1.70. The Kier molecular flexibility index (Phi) is 3.30. The van der Waals surface area contributed by atoms with Crippen LogP contribution in [0.2, 0.25) is 0 Å². The van der Waals surface area contributed by atoms with E-state index in [1.54, 1.807) is 4.90 Å². The minimum Gasteiger partial charge on any atom is -0.330 e. The van der Waals surface area contributed by atoms with Crippen molar-refractivity contribution in [2.45, 2.75) is 45.1 Å². The Morgan fingerprint density at radius 3 is 2.55 bits per heavy atom. The summed E-state index contributed by atoms with van der Waals surface area (Å²) in [5, 5.41) is 0. The average molecular weight is 278 g/mol. The van der Waals surface area contributed by atoms with Gasteiger partial charge in [-0.25, -0.2) is 0 Å². The molecule has 2 saturated carbocycles. The van der Waals surface area contributed by atoms with Gasteiger partial charge in [0.25, 0.3) is 5.91 Å². The normalized spacial score (nSPS) is 32.7. The van der Waals surface area contributed by atoms with Gasteiger partial charge in [-0.15, -0.1) is 0 Å². The van der Waals surface area contributed by atoms with Crippen molar-refractivity contribution >= 4 is 17.7 Å². The molecule has 0 N–H and O–H groups in total. The van der Waals surface area contributed by atoms with Gasteiger partial charge in [-0.3, -0.25) is 19.3 Å². The number of amides is 3. The summed E-state index contributed by atoms with van der Waals surface area (Å²) in [7, 11) is 1.50. The Morgan fingerprint density at radius 2 is 2.05 bits per heavy atom. The zero-order chi connectivity index (χ0) is 14.4. The first-order valence-corrected chi connectivity index (χ1v) is 7.65. The third-order valence-electron chi connectivity index (χ3n) is 4.87. The molecule has 1 saturated heterocycles. The predicted molar refractivity (Wildman–Crippen MR) is 72.5 cm³/mol. The second-order valence-corrected chi connectivity index (χ2v) is 6.39. The van der Waals surface area contributed by atoms with Crippen LogP contribution in [0.1, 0.15) is 39.0 Å². The first kappa shape index (κ1) is 13.6. The van der Waals surface area contributed by atoms with Gasteiger partial charge < -0.3 is 4.90 Å². The average Bonchev–Trinajstić information content (AvgIpc) is 3.28. The van der Waals surface area contributed by atoms with Crippen molar-refractivity contribution in [2.75, 3.05) is 13.6 Å². The van der Waals surface area contributed by atoms with Crippen molar-refractivity contribution in [3.8, 4) is 0 Å². The van der Waals surface area contributed by atoms with Crippen LogP contribution in [0.15, 0.2) is 0 Å². The fraction of sp³-hybridized carbons (Fsp3) is 0.800. The summed E-state index contributed by atoms with van der Waals surface area (Å²) in [6.07, 6.45) is 4.46. The second kappa shape index (κ2) is 4.86. The van der Waals surface area contributed by atoms with E-state index < -0.39 is 6.04 Å². The number of hydrogen-bond donors (Lipinski definition) is 0. The lowest BCUT2D eigenvalue weighted by Crippen LogP contribution is -2.46. The Bertz CT molecular complexity index is 458. The van der Waals surface area contributed by atoms with Gasteiger partial charge in [-0.05, 0) is 37.5 Å². The summed E-state index contributed by atoms with van der Waals surface area (Å²) in [4.78, 5) is 39.2. The molecule has 3 amide bonds. The highest BCUT2D eigenvalue weighted by atomic mass is 16.2. The van der Waals surface area contributed by atoms with E-state index in [-0.39, 0.29) is 30.1 Å². The van der Waals surface area contributed by atoms with Crippen LogP contribution in [0.25, 0.3) is 0 Å². The molecule has 0 spiro atoms. The molecule has 0 aromatic rings. The molecule has 3 rings (SSSR count). The standard InChI is InChI=1S/C15H22N2O3/c1-3-6-17(12-8-13(18)16(2)15(12)20)14(19)11-7-10(11)9-4-5-9/h9-12H,3-8H2,1-2H3. The van der Waals surface area contributed by atoms with Crippen molar-refractivity contribution in [1.82, 2.24) is 9.80 Å². The Morgan fingerprint density at radius 1 is 1.35 bits per heavy atom. The third-order valence-corrected chi connectivity index (χ3v) is 4.87. The maximum absolute atomic E-state index is 12.6. The maximum Gasteiger partial charge on any atom is 0.252 e. The van der Waals surface area contributed by atoms with Crippen LogP contribution in [0.3, 0.4) is 0 Å². The molecule has 5 nitrogen and oxygen atoms in total. The predicted octanol–water partition coefficient (Wildman–Crippen LogP) is 1.03. The van der Waals surface area contributed by atoms with E-state index in [1.807, 2.05) is 6.92 Å². The lowest BCUT2D eigenvalue weighted by Gasteiger charge is -2.27. The molecule has 0 aromatic carbocycles. The zero-order valence-electron chi connectivity index (χ0n) is 12.2. The topological polar surface area (TPSA) is 57.7 Å². The van der Waals surface area contributed by atoms with Gasteiger partial charge in [0.15, 0.2) is 0 Å². The molecule has 2 aliphatic carbocycles. The molecule has 0 radical (unpaired) electrons. The van der Waals surface area contributed by atoms with Gasteiger partial charge in [-0.1, -0.05) is 6.92 Å². The van der Waals surface area contributed by atoms with Gasteiger partial charge in [-0.2, -0.15) is 0 Å². The molecular weight excluding hydrogens is 256 g/mol. The summed E-state index contributed by atoms with van der Waals surface area (Å²) in [5.74, 6) is 1.11. The van der Waals surface area contributed by atoms with Crippen molar-refractivity contribution in [1.29, 1.82) is 0 Å². The minimum atomic E-state index is -0.555. The van der Waals surface area contributed by atoms with Gasteiger partial charge in [0.2, 0.25) is 11.8 Å². The van der Waals surface area contributed by atoms with E-state index >= 15 is 0 Å². The van der Waals surface area contributed by atoms with Crippen molar-refractivity contribution in [3.63, 3.8) is 0 Å². The van der Waals surface area contributed by atoms with Gasteiger partial charge in [0.05, 0.1) is 6.42 Å². The summed E-state index contributed by atoms with van der Waals surface area (Å²) >= 11 is 0.